The molecular weight excluding hydrogens is 297 g/mol. The van der Waals surface area contributed by atoms with Gasteiger partial charge in [-0.15, -0.1) is 0 Å². The first-order valence-electron chi connectivity index (χ1n) is 8.36. The number of nitrogens with zero attached hydrogens (tertiary/aromatic N) is 1. The lowest BCUT2D eigenvalue weighted by molar-refractivity contribution is -0.134. The van der Waals surface area contributed by atoms with Gasteiger partial charge in [-0.25, -0.2) is 4.39 Å². The van der Waals surface area contributed by atoms with Crippen LogP contribution in [0.1, 0.15) is 39.0 Å². The van der Waals surface area contributed by atoms with Crippen LogP contribution in [0.25, 0.3) is 0 Å². The van der Waals surface area contributed by atoms with Gasteiger partial charge < -0.3 is 14.7 Å². The molecule has 0 aliphatic carbocycles. The molecule has 23 heavy (non-hydrogen) atoms. The van der Waals surface area contributed by atoms with Crippen LogP contribution in [-0.4, -0.2) is 42.2 Å². The van der Waals surface area contributed by atoms with Gasteiger partial charge >= 0.3 is 0 Å². The highest BCUT2D eigenvalue weighted by molar-refractivity contribution is 5.76. The summed E-state index contributed by atoms with van der Waals surface area (Å²) >= 11 is 0. The lowest BCUT2D eigenvalue weighted by atomic mass is 9.77. The second kappa shape index (κ2) is 8.29. The summed E-state index contributed by atoms with van der Waals surface area (Å²) in [7, 11) is 0. The Hall–Kier alpha value is -1.62. The average Bonchev–Trinajstić information content (AvgIpc) is 2.60. The molecule has 5 heteroatoms. The van der Waals surface area contributed by atoms with Crippen LogP contribution in [0.5, 0.6) is 5.75 Å². The molecule has 0 atom stereocenters. The first-order chi connectivity index (χ1) is 11.1. The van der Waals surface area contributed by atoms with Crippen molar-refractivity contribution < 1.29 is 19.0 Å². The third-order valence-corrected chi connectivity index (χ3v) is 4.89. The number of carbonyl (C=O) groups is 1. The second-order valence-corrected chi connectivity index (χ2v) is 6.27. The van der Waals surface area contributed by atoms with Gasteiger partial charge in [0, 0.05) is 26.1 Å². The minimum atomic E-state index is -0.380. The summed E-state index contributed by atoms with van der Waals surface area (Å²) in [6, 6.07) is 6.28. The molecule has 1 aromatic rings. The topological polar surface area (TPSA) is 49.8 Å². The smallest absolute Gasteiger partial charge is 0.222 e. The van der Waals surface area contributed by atoms with E-state index >= 15 is 0 Å². The number of rotatable bonds is 7. The van der Waals surface area contributed by atoms with E-state index in [1.54, 1.807) is 18.2 Å². The van der Waals surface area contributed by atoms with Gasteiger partial charge in [0.1, 0.15) is 0 Å². The first-order valence-corrected chi connectivity index (χ1v) is 8.36. The summed E-state index contributed by atoms with van der Waals surface area (Å²) in [6.45, 7) is 4.04. The molecule has 0 aromatic heterocycles. The van der Waals surface area contributed by atoms with Crippen LogP contribution in [0.4, 0.5) is 4.39 Å². The van der Waals surface area contributed by atoms with Crippen LogP contribution < -0.4 is 4.74 Å². The number of hydrogen-bond acceptors (Lipinski definition) is 3. The number of halogens is 1. The number of amides is 1. The maximum Gasteiger partial charge on any atom is 0.222 e. The molecule has 0 spiro atoms. The normalized spacial score (nSPS) is 17.1. The number of benzene rings is 1. The van der Waals surface area contributed by atoms with Crippen molar-refractivity contribution in [1.29, 1.82) is 0 Å². The highest BCUT2D eigenvalue weighted by Crippen LogP contribution is 2.34. The number of carbonyl (C=O) groups excluding carboxylic acids is 1. The monoisotopic (exact) mass is 323 g/mol. The molecule has 1 aliphatic rings. The van der Waals surface area contributed by atoms with Crippen molar-refractivity contribution in [3.05, 3.63) is 30.1 Å². The maximum absolute atomic E-state index is 13.4. The molecule has 0 bridgehead atoms. The van der Waals surface area contributed by atoms with Gasteiger partial charge in [-0.2, -0.15) is 0 Å². The molecule has 1 heterocycles. The maximum atomic E-state index is 13.4. The Labute approximate surface area is 137 Å². The van der Waals surface area contributed by atoms with Crippen molar-refractivity contribution in [2.45, 2.75) is 39.0 Å². The Balaban J connectivity index is 1.69. The van der Waals surface area contributed by atoms with Crippen LogP contribution in [-0.2, 0) is 4.79 Å². The average molecular weight is 323 g/mol. The fourth-order valence-electron chi connectivity index (χ4n) is 2.98. The molecule has 0 radical (unpaired) electrons. The summed E-state index contributed by atoms with van der Waals surface area (Å²) in [6.07, 6.45) is 3.65. The molecule has 1 N–H and O–H groups in total. The van der Waals surface area contributed by atoms with Gasteiger partial charge in [0.15, 0.2) is 11.6 Å². The molecular formula is C18H26FNO3. The Kier molecular flexibility index (Phi) is 6.39. The van der Waals surface area contributed by atoms with Crippen LogP contribution in [0.15, 0.2) is 24.3 Å². The molecule has 0 saturated carbocycles. The lowest BCUT2D eigenvalue weighted by Gasteiger charge is -2.40. The number of ether oxygens (including phenoxy) is 1. The number of likely N-dealkylation sites (tertiary alicyclic amines) is 1. The number of piperidine rings is 1. The molecule has 4 nitrogen and oxygen atoms in total. The second-order valence-electron chi connectivity index (χ2n) is 6.27. The largest absolute Gasteiger partial charge is 0.491 e. The molecule has 1 fully saturated rings. The van der Waals surface area contributed by atoms with Crippen molar-refractivity contribution in [3.63, 3.8) is 0 Å². The van der Waals surface area contributed by atoms with Crippen molar-refractivity contribution in [1.82, 2.24) is 4.90 Å². The van der Waals surface area contributed by atoms with E-state index < -0.39 is 0 Å². The highest BCUT2D eigenvalue weighted by atomic mass is 19.1. The van der Waals surface area contributed by atoms with Crippen molar-refractivity contribution >= 4 is 5.91 Å². The molecule has 1 aromatic carbocycles. The Morgan fingerprint density at radius 2 is 2.04 bits per heavy atom. The number of aliphatic hydroxyl groups excluding tert-OH is 1. The standard InChI is InChI=1S/C18H26FNO3/c1-2-18(14-21)9-11-20(12-10-18)17(22)8-5-13-23-16-7-4-3-6-15(16)19/h3-4,6-7,21H,2,5,8-14H2,1H3. The summed E-state index contributed by atoms with van der Waals surface area (Å²) in [5.74, 6) is -0.0341. The molecule has 1 saturated heterocycles. The van der Waals surface area contributed by atoms with E-state index in [2.05, 4.69) is 6.92 Å². The Morgan fingerprint density at radius 3 is 2.65 bits per heavy atom. The van der Waals surface area contributed by atoms with Crippen molar-refractivity contribution in [2.24, 2.45) is 5.41 Å². The highest BCUT2D eigenvalue weighted by Gasteiger charge is 2.33. The Morgan fingerprint density at radius 1 is 1.35 bits per heavy atom. The van der Waals surface area contributed by atoms with Gasteiger partial charge in [0.25, 0.3) is 0 Å². The van der Waals surface area contributed by atoms with E-state index in [9.17, 15) is 14.3 Å². The van der Waals surface area contributed by atoms with E-state index in [4.69, 9.17) is 4.74 Å². The van der Waals surface area contributed by atoms with E-state index in [-0.39, 0.29) is 29.5 Å². The summed E-state index contributed by atoms with van der Waals surface area (Å²) < 4.78 is 18.7. The van der Waals surface area contributed by atoms with Crippen molar-refractivity contribution in [2.75, 3.05) is 26.3 Å². The molecule has 128 valence electrons. The van der Waals surface area contributed by atoms with E-state index in [1.165, 1.54) is 6.07 Å². The fraction of sp³-hybridized carbons (Fsp3) is 0.611. The minimum Gasteiger partial charge on any atom is -0.491 e. The SMILES string of the molecule is CCC1(CO)CCN(C(=O)CCCOc2ccccc2F)CC1. The Bertz CT molecular complexity index is 507. The summed E-state index contributed by atoms with van der Waals surface area (Å²) in [5.41, 5.74) is -0.00920. The lowest BCUT2D eigenvalue weighted by Crippen LogP contribution is -2.44. The van der Waals surface area contributed by atoms with Gasteiger partial charge in [-0.05, 0) is 43.2 Å². The third-order valence-electron chi connectivity index (χ3n) is 4.89. The zero-order valence-electron chi connectivity index (χ0n) is 13.8. The zero-order chi connectivity index (χ0) is 16.7. The zero-order valence-corrected chi connectivity index (χ0v) is 13.8. The number of hydrogen-bond donors (Lipinski definition) is 1. The molecule has 1 aliphatic heterocycles. The number of para-hydroxylation sites is 1. The first kappa shape index (κ1) is 17.7. The van der Waals surface area contributed by atoms with Gasteiger partial charge in [-0.3, -0.25) is 4.79 Å². The van der Waals surface area contributed by atoms with Gasteiger partial charge in [0.05, 0.1) is 6.61 Å². The molecule has 2 rings (SSSR count). The molecule has 0 unspecified atom stereocenters. The quantitative estimate of drug-likeness (QED) is 0.785. The van der Waals surface area contributed by atoms with E-state index in [0.717, 1.165) is 19.3 Å². The van der Waals surface area contributed by atoms with E-state index in [0.29, 0.717) is 32.5 Å². The number of aliphatic hydroxyl groups is 1. The van der Waals surface area contributed by atoms with Crippen LogP contribution in [0, 0.1) is 11.2 Å². The van der Waals surface area contributed by atoms with Crippen LogP contribution >= 0.6 is 0 Å². The van der Waals surface area contributed by atoms with Gasteiger partial charge in [0.2, 0.25) is 5.91 Å². The summed E-state index contributed by atoms with van der Waals surface area (Å²) in [5, 5.41) is 9.52. The summed E-state index contributed by atoms with van der Waals surface area (Å²) in [4.78, 5) is 14.1. The predicted molar refractivity (Wildman–Crippen MR) is 86.8 cm³/mol. The van der Waals surface area contributed by atoms with Crippen LogP contribution in [0.3, 0.4) is 0 Å². The van der Waals surface area contributed by atoms with Crippen LogP contribution in [0.2, 0.25) is 0 Å². The van der Waals surface area contributed by atoms with Crippen molar-refractivity contribution in [3.8, 4) is 5.75 Å². The van der Waals surface area contributed by atoms with E-state index in [1.807, 2.05) is 4.90 Å². The predicted octanol–water partition coefficient (Wildman–Crippen LogP) is 3.00. The molecule has 1 amide bonds. The third kappa shape index (κ3) is 4.67. The minimum absolute atomic E-state index is 0.00920. The van der Waals surface area contributed by atoms with Gasteiger partial charge in [-0.1, -0.05) is 19.1 Å². The fourth-order valence-corrected chi connectivity index (χ4v) is 2.98.